The molecule has 7 aromatic carbocycles. The summed E-state index contributed by atoms with van der Waals surface area (Å²) < 4.78 is 2.26. The largest absolute Gasteiger partial charge is 0.310 e. The van der Waals surface area contributed by atoms with Gasteiger partial charge in [-0.05, 0) is 76.3 Å². The number of nitriles is 1. The third-order valence-corrected chi connectivity index (χ3v) is 10.2. The Bertz CT molecular complexity index is 2530. The zero-order valence-corrected chi connectivity index (χ0v) is 27.4. The summed E-state index contributed by atoms with van der Waals surface area (Å²) >= 11 is 0. The van der Waals surface area contributed by atoms with Crippen LogP contribution in [-0.4, -0.2) is 4.57 Å². The van der Waals surface area contributed by atoms with E-state index in [-0.39, 0.29) is 5.41 Å². The van der Waals surface area contributed by atoms with Gasteiger partial charge < -0.3 is 9.47 Å². The van der Waals surface area contributed by atoms with Crippen molar-refractivity contribution in [3.63, 3.8) is 0 Å². The number of para-hydroxylation sites is 5. The van der Waals surface area contributed by atoms with Crippen molar-refractivity contribution < 1.29 is 0 Å². The van der Waals surface area contributed by atoms with Crippen molar-refractivity contribution in [2.45, 2.75) is 19.3 Å². The second kappa shape index (κ2) is 11.1. The molecule has 0 radical (unpaired) electrons. The van der Waals surface area contributed by atoms with Crippen LogP contribution in [0.4, 0.5) is 17.1 Å². The highest BCUT2D eigenvalue weighted by molar-refractivity contribution is 6.10. The Morgan fingerprint density at radius 2 is 1.10 bits per heavy atom. The number of hydrogen-bond donors (Lipinski definition) is 0. The molecule has 2 heterocycles. The Labute approximate surface area is 286 Å². The van der Waals surface area contributed by atoms with Crippen LogP contribution in [0, 0.1) is 11.3 Å². The molecule has 1 aromatic heterocycles. The lowest BCUT2D eigenvalue weighted by atomic mass is 9.73. The second-order valence-corrected chi connectivity index (χ2v) is 13.3. The highest BCUT2D eigenvalue weighted by Crippen LogP contribution is 2.52. The summed E-state index contributed by atoms with van der Waals surface area (Å²) in [6.07, 6.45) is 0. The molecule has 0 saturated heterocycles. The molecule has 0 amide bonds. The van der Waals surface area contributed by atoms with Crippen LogP contribution in [0.2, 0.25) is 0 Å². The van der Waals surface area contributed by atoms with Crippen molar-refractivity contribution >= 4 is 38.9 Å². The van der Waals surface area contributed by atoms with E-state index in [9.17, 15) is 5.26 Å². The van der Waals surface area contributed by atoms with E-state index in [0.29, 0.717) is 5.56 Å². The maximum Gasteiger partial charge on any atom is 0.101 e. The highest BCUT2D eigenvalue weighted by Gasteiger charge is 2.37. The molecule has 0 fully saturated rings. The van der Waals surface area contributed by atoms with Crippen molar-refractivity contribution in [1.82, 2.24) is 4.57 Å². The van der Waals surface area contributed by atoms with Gasteiger partial charge in [-0.1, -0.05) is 129 Å². The van der Waals surface area contributed by atoms with Gasteiger partial charge in [0.05, 0.1) is 33.7 Å². The zero-order chi connectivity index (χ0) is 33.1. The first-order valence-corrected chi connectivity index (χ1v) is 16.8. The Hall–Kier alpha value is -6.37. The zero-order valence-electron chi connectivity index (χ0n) is 27.4. The average Bonchev–Trinajstić information content (AvgIpc) is 3.49. The topological polar surface area (TPSA) is 32.0 Å². The summed E-state index contributed by atoms with van der Waals surface area (Å²) in [7, 11) is 0. The molecule has 0 spiro atoms. The third-order valence-electron chi connectivity index (χ3n) is 10.2. The lowest BCUT2D eigenvalue weighted by molar-refractivity contribution is 0.632. The van der Waals surface area contributed by atoms with Gasteiger partial charge >= 0.3 is 0 Å². The van der Waals surface area contributed by atoms with E-state index in [2.05, 4.69) is 181 Å². The summed E-state index contributed by atoms with van der Waals surface area (Å²) in [6.45, 7) is 4.66. The monoisotopic (exact) mass is 627 g/mol. The Kier molecular flexibility index (Phi) is 6.54. The van der Waals surface area contributed by atoms with Crippen LogP contribution in [0.25, 0.3) is 49.7 Å². The number of benzene rings is 7. The first kappa shape index (κ1) is 28.8. The second-order valence-electron chi connectivity index (χ2n) is 13.3. The molecule has 1 aliphatic heterocycles. The van der Waals surface area contributed by atoms with Gasteiger partial charge in [-0.25, -0.2) is 0 Å². The standard InChI is InChI=1S/C46H33N3/c1-46(2)39-19-8-11-22-43(39)48(35-14-4-3-5-15-35)44-28-27-33(29-40(44)46)31-23-25-32(26-24-31)36-18-12-13-34(30-47)45(36)49-41-20-9-6-16-37(41)38-17-7-10-21-42(38)49/h3-29H,1-2H3. The molecule has 232 valence electrons. The molecule has 3 nitrogen and oxygen atoms in total. The molecule has 9 rings (SSSR count). The van der Waals surface area contributed by atoms with Crippen molar-refractivity contribution in [2.75, 3.05) is 4.90 Å². The first-order chi connectivity index (χ1) is 24.0. The molecular weight excluding hydrogens is 595 g/mol. The molecular formula is C46H33N3. The molecule has 8 aromatic rings. The first-order valence-electron chi connectivity index (χ1n) is 16.8. The van der Waals surface area contributed by atoms with Crippen molar-refractivity contribution in [1.29, 1.82) is 5.26 Å². The lowest BCUT2D eigenvalue weighted by Crippen LogP contribution is -2.30. The van der Waals surface area contributed by atoms with Crippen LogP contribution >= 0.6 is 0 Å². The van der Waals surface area contributed by atoms with E-state index in [1.165, 1.54) is 38.8 Å². The van der Waals surface area contributed by atoms with Crippen LogP contribution < -0.4 is 4.90 Å². The van der Waals surface area contributed by atoms with Gasteiger partial charge in [-0.3, -0.25) is 0 Å². The number of hydrogen-bond acceptors (Lipinski definition) is 2. The van der Waals surface area contributed by atoms with Gasteiger partial charge in [-0.2, -0.15) is 5.26 Å². The van der Waals surface area contributed by atoms with E-state index in [1.54, 1.807) is 0 Å². The average molecular weight is 628 g/mol. The number of fused-ring (bicyclic) bond motifs is 5. The van der Waals surface area contributed by atoms with Crippen molar-refractivity contribution in [3.8, 4) is 34.0 Å². The molecule has 0 bridgehead atoms. The van der Waals surface area contributed by atoms with Crippen molar-refractivity contribution in [3.05, 3.63) is 180 Å². The van der Waals surface area contributed by atoms with Gasteiger partial charge in [0.2, 0.25) is 0 Å². The van der Waals surface area contributed by atoms with Crippen LogP contribution in [-0.2, 0) is 5.41 Å². The smallest absolute Gasteiger partial charge is 0.101 e. The molecule has 0 N–H and O–H groups in total. The van der Waals surface area contributed by atoms with Crippen LogP contribution in [0.1, 0.15) is 30.5 Å². The van der Waals surface area contributed by atoms with Crippen LogP contribution in [0.15, 0.2) is 164 Å². The van der Waals surface area contributed by atoms with Gasteiger partial charge in [0.15, 0.2) is 0 Å². The van der Waals surface area contributed by atoms with Gasteiger partial charge in [0, 0.05) is 27.4 Å². The van der Waals surface area contributed by atoms with Gasteiger partial charge in [-0.15, -0.1) is 0 Å². The number of nitrogens with zero attached hydrogens (tertiary/aromatic N) is 3. The summed E-state index contributed by atoms with van der Waals surface area (Å²) in [5.41, 5.74) is 14.2. The fourth-order valence-corrected chi connectivity index (χ4v) is 7.85. The normalized spacial score (nSPS) is 13.2. The van der Waals surface area contributed by atoms with Crippen molar-refractivity contribution in [2.24, 2.45) is 0 Å². The molecule has 0 unspecified atom stereocenters. The molecule has 0 saturated carbocycles. The van der Waals surface area contributed by atoms with E-state index in [4.69, 9.17) is 0 Å². The minimum absolute atomic E-state index is 0.178. The Balaban J connectivity index is 1.17. The van der Waals surface area contributed by atoms with Crippen LogP contribution in [0.3, 0.4) is 0 Å². The van der Waals surface area contributed by atoms with E-state index < -0.39 is 0 Å². The van der Waals surface area contributed by atoms with E-state index in [1.807, 2.05) is 12.1 Å². The van der Waals surface area contributed by atoms with Gasteiger partial charge in [0.1, 0.15) is 6.07 Å². The van der Waals surface area contributed by atoms with Crippen LogP contribution in [0.5, 0.6) is 0 Å². The Morgan fingerprint density at radius 1 is 0.510 bits per heavy atom. The SMILES string of the molecule is CC1(C)c2ccccc2N(c2ccccc2)c2ccc(-c3ccc(-c4cccc(C#N)c4-n4c5ccccc5c5ccccc54)cc3)cc21. The summed E-state index contributed by atoms with van der Waals surface area (Å²) in [5, 5.41) is 12.7. The Morgan fingerprint density at radius 3 is 1.82 bits per heavy atom. The fourth-order valence-electron chi connectivity index (χ4n) is 7.85. The number of anilines is 3. The van der Waals surface area contributed by atoms with E-state index in [0.717, 1.165) is 39.1 Å². The molecule has 0 aliphatic carbocycles. The third kappa shape index (κ3) is 4.42. The maximum atomic E-state index is 10.4. The summed E-state index contributed by atoms with van der Waals surface area (Å²) in [5.74, 6) is 0. The lowest BCUT2D eigenvalue weighted by Gasteiger charge is -2.42. The molecule has 1 aliphatic rings. The minimum atomic E-state index is -0.178. The quantitative estimate of drug-likeness (QED) is 0.194. The predicted molar refractivity (Wildman–Crippen MR) is 203 cm³/mol. The summed E-state index contributed by atoms with van der Waals surface area (Å²) in [6, 6.07) is 60.5. The summed E-state index contributed by atoms with van der Waals surface area (Å²) in [4.78, 5) is 2.39. The predicted octanol–water partition coefficient (Wildman–Crippen LogP) is 12.1. The molecule has 3 heteroatoms. The minimum Gasteiger partial charge on any atom is -0.310 e. The van der Waals surface area contributed by atoms with Gasteiger partial charge in [0.25, 0.3) is 0 Å². The number of aromatic nitrogens is 1. The molecule has 49 heavy (non-hydrogen) atoms. The maximum absolute atomic E-state index is 10.4. The number of rotatable bonds is 4. The highest BCUT2D eigenvalue weighted by atomic mass is 15.2. The fraction of sp³-hybridized carbons (Fsp3) is 0.0652. The van der Waals surface area contributed by atoms with E-state index >= 15 is 0 Å². The molecule has 0 atom stereocenters.